The molecule has 134 heavy (non-hydrogen) atoms. The van der Waals surface area contributed by atoms with Gasteiger partial charge in [0.15, 0.2) is 17.0 Å². The van der Waals surface area contributed by atoms with E-state index in [0.29, 0.717) is 200 Å². The number of nitrogens with two attached hydrogens (primary N) is 3. The van der Waals surface area contributed by atoms with Gasteiger partial charge in [-0.15, -0.1) is 10.2 Å². The van der Waals surface area contributed by atoms with Gasteiger partial charge in [0.25, 0.3) is 17.7 Å². The Kier molecular flexibility index (Phi) is 35.7. The number of nitrogen functional groups attached to an aromatic ring is 2. The number of carbonyl (C=O) groups is 7. The second-order valence-corrected chi connectivity index (χ2v) is 35.9. The number of methoxy groups -OCH3 is 3. The average molecular weight is 1850 g/mol. The summed E-state index contributed by atoms with van der Waals surface area (Å²) in [5.74, 6) is -7.77. The van der Waals surface area contributed by atoms with E-state index in [0.717, 1.165) is 44.8 Å². The maximum absolute atomic E-state index is 14.9. The number of aryl methyl sites for hydroxylation is 2. The quantitative estimate of drug-likeness (QED) is 0.0103. The standard InChI is InChI=1S/C96H130N20O18/c1-59-18-11-10-12-19-60(2)79(126-7)52-71-27-23-64(6)96(125,134-71)89(122)92(123)114-33-15-13-22-75(114)93(124)132-80(53-77(117)61(3)47-63(5)87(121)88(128-9)86(120)62(4)46-59)72(97)48-65-24-28-74(81(49-65)127-8)116-76(56-105-109-116)67-21-17-20-66(50-67)69-54-101-95(102-55-69)112-37-35-111(36-38-112)83(119)30-26-70-57-113(110-107-70)39-41-130-43-45-131-44-42-129-40-31-82(118)100-32-14-16-34-115-91-84(90(98)103-58-104-91)85(108-115)68-25-29-78-73(51-68)106-94(99)133-78/h10-12,17-21,25,29,47,50-51,54-59,61-62,64-65,71-72,74-75,79-81,87-88,121,125H,13-16,22-24,26-28,30-46,48-49,52-53,97H2,1-9H3,(H2,99,106)(H,100,118)(H2,98,103,104)/b12-10+,18-11+,60-19+,63-47+/t59-,61-,62-,64-,65+,71+,72-,74?,75+,79+,80+,81-,87-,88+,96-/m1/s1. The van der Waals surface area contributed by atoms with Gasteiger partial charge in [0.05, 0.1) is 93.5 Å². The van der Waals surface area contributed by atoms with Gasteiger partial charge in [0.2, 0.25) is 23.5 Å². The lowest BCUT2D eigenvalue weighted by Gasteiger charge is -2.42. The normalized spacial score (nSPS) is 26.4. The van der Waals surface area contributed by atoms with Gasteiger partial charge in [0.1, 0.15) is 53.5 Å². The van der Waals surface area contributed by atoms with E-state index in [4.69, 9.17) is 74.6 Å². The van der Waals surface area contributed by atoms with Crippen molar-refractivity contribution in [1.82, 2.24) is 79.8 Å². The molecule has 3 saturated heterocycles. The summed E-state index contributed by atoms with van der Waals surface area (Å²) in [4.78, 5) is 126. The van der Waals surface area contributed by atoms with E-state index in [1.54, 1.807) is 82.0 Å². The number of oxazole rings is 1. The molecule has 15 atom stereocenters. The summed E-state index contributed by atoms with van der Waals surface area (Å²) >= 11 is 0. The number of carbonyl (C=O) groups excluding carboxylic acids is 7. The lowest BCUT2D eigenvalue weighted by atomic mass is 9.79. The third-order valence-corrected chi connectivity index (χ3v) is 26.4. The van der Waals surface area contributed by atoms with E-state index >= 15 is 0 Å². The van der Waals surface area contributed by atoms with E-state index in [2.05, 4.69) is 45.8 Å². The number of fused-ring (bicyclic) bond motifs is 5. The van der Waals surface area contributed by atoms with E-state index in [9.17, 15) is 43.8 Å². The molecule has 13 rings (SSSR count). The number of piperidine rings is 1. The highest BCUT2D eigenvalue weighted by molar-refractivity contribution is 6.39. The van der Waals surface area contributed by atoms with Crippen LogP contribution in [-0.2, 0) is 91.0 Å². The third-order valence-electron chi connectivity index (χ3n) is 26.4. The van der Waals surface area contributed by atoms with Gasteiger partial charge in [0, 0.05) is 158 Å². The van der Waals surface area contributed by atoms with Crippen molar-refractivity contribution in [2.75, 3.05) is 117 Å². The zero-order valence-electron chi connectivity index (χ0n) is 78.2. The summed E-state index contributed by atoms with van der Waals surface area (Å²) in [5, 5.41) is 50.0. The second-order valence-electron chi connectivity index (χ2n) is 35.9. The van der Waals surface area contributed by atoms with Crippen LogP contribution in [0.15, 0.2) is 126 Å². The zero-order valence-corrected chi connectivity index (χ0v) is 78.2. The van der Waals surface area contributed by atoms with Gasteiger partial charge in [-0.05, 0) is 144 Å². The van der Waals surface area contributed by atoms with Crippen LogP contribution in [0.4, 0.5) is 17.8 Å². The van der Waals surface area contributed by atoms with E-state index in [-0.39, 0.29) is 98.6 Å². The SMILES string of the molecule is CO[C@H]1C[C@@H]2CC[C@@H](C)[C@@](O)(O2)C(=O)C(=O)N2CCCC[C@H]2C(=O)O[C@H]([C@H](N)C[C@@H]2CCC(n3nncc3-c3cccc(-c4cnc(N5CCN(C(=O)CCc6cn(CCOCCOCCOCCC(=O)NCCCCn7nc(-c8ccc9oc(N)nc9c8)c8c(N)ncnc87)nn6)CC5)nc4)c3)[C@H](OC)C2)CC(=O)[C@H](C)/C=C(\C)[C@@H](O)[C@@H](OC)C(=O)[C@H](C)C[C@H](C)/C=C/C=C/C=C/1C. The molecule has 10 heterocycles. The molecule has 6 aromatic heterocycles. The number of benzene rings is 2. The Hall–Kier alpha value is -11.3. The Morgan fingerprint density at radius 3 is 2.28 bits per heavy atom. The second kappa shape index (κ2) is 47.7. The van der Waals surface area contributed by atoms with Crippen molar-refractivity contribution in [2.24, 2.45) is 35.3 Å². The number of allylic oxidation sites excluding steroid dienone is 6. The predicted octanol–water partition coefficient (Wildman–Crippen LogP) is 8.49. The molecule has 2 bridgehead atoms. The number of anilines is 3. The number of aliphatic hydroxyl groups excluding tert-OH is 1. The first-order chi connectivity index (χ1) is 64.7. The number of Topliss-reactive ketones (excluding diaryl/α,β-unsaturated/α-hetero) is 3. The molecule has 38 nitrogen and oxygen atoms in total. The van der Waals surface area contributed by atoms with Crippen molar-refractivity contribution in [3.8, 4) is 33.6 Å². The van der Waals surface area contributed by atoms with Crippen molar-refractivity contribution < 1.29 is 86.1 Å². The van der Waals surface area contributed by atoms with Gasteiger partial charge in [-0.2, -0.15) is 10.1 Å². The van der Waals surface area contributed by atoms with Gasteiger partial charge < -0.3 is 89.7 Å². The number of aromatic nitrogens is 13. The molecule has 9 N–H and O–H groups in total. The fourth-order valence-electron chi connectivity index (χ4n) is 18.5. The number of ketones is 3. The molecular formula is C96H130N20O18. The van der Waals surface area contributed by atoms with Crippen LogP contribution in [0.25, 0.3) is 55.8 Å². The number of amides is 3. The van der Waals surface area contributed by atoms with Crippen molar-refractivity contribution in [1.29, 1.82) is 0 Å². The van der Waals surface area contributed by atoms with Crippen LogP contribution in [0.1, 0.15) is 156 Å². The summed E-state index contributed by atoms with van der Waals surface area (Å²) in [6, 6.07) is 11.1. The number of aliphatic hydroxyl groups is 2. The number of cyclic esters (lactones) is 1. The monoisotopic (exact) mass is 1850 g/mol. The number of rotatable bonds is 31. The number of hydrogen-bond acceptors (Lipinski definition) is 32. The fourth-order valence-corrected chi connectivity index (χ4v) is 18.5. The molecule has 2 aromatic carbocycles. The van der Waals surface area contributed by atoms with Gasteiger partial charge in [-0.25, -0.2) is 38.8 Å². The van der Waals surface area contributed by atoms with Crippen molar-refractivity contribution >= 4 is 81.0 Å². The maximum atomic E-state index is 14.9. The Balaban J connectivity index is 0.539. The molecule has 1 saturated carbocycles. The smallest absolute Gasteiger partial charge is 0.329 e. The molecule has 38 heteroatoms. The first-order valence-electron chi connectivity index (χ1n) is 46.8. The molecule has 8 aromatic rings. The number of piperazine rings is 1. The summed E-state index contributed by atoms with van der Waals surface area (Å²) in [5.41, 5.74) is 27.6. The average Bonchev–Trinajstić information content (AvgIpc) is 1.41. The van der Waals surface area contributed by atoms with Crippen LogP contribution in [0, 0.1) is 29.6 Å². The molecule has 1 aliphatic carbocycles. The Bertz CT molecular complexity index is 5430. The van der Waals surface area contributed by atoms with E-state index < -0.39 is 83.8 Å². The first kappa shape index (κ1) is 100. The fraction of sp³-hybridized carbons (Fsp3) is 0.573. The molecule has 0 spiro atoms. The predicted molar refractivity (Wildman–Crippen MR) is 497 cm³/mol. The van der Waals surface area contributed by atoms with Gasteiger partial charge in [-0.3, -0.25) is 28.8 Å². The van der Waals surface area contributed by atoms with E-state index in [1.807, 2.05) is 96.4 Å². The minimum absolute atomic E-state index is 0.0155. The molecule has 4 fully saturated rings. The lowest BCUT2D eigenvalue weighted by Crippen LogP contribution is -2.61. The largest absolute Gasteiger partial charge is 0.459 e. The highest BCUT2D eigenvalue weighted by Gasteiger charge is 2.53. The highest BCUT2D eigenvalue weighted by atomic mass is 16.6. The Morgan fingerprint density at radius 1 is 0.746 bits per heavy atom. The molecule has 3 amide bonds. The third kappa shape index (κ3) is 25.6. The number of nitrogens with one attached hydrogen (secondary N) is 1. The summed E-state index contributed by atoms with van der Waals surface area (Å²) < 4.78 is 58.4. The lowest BCUT2D eigenvalue weighted by molar-refractivity contribution is -0.265. The number of esters is 1. The highest BCUT2D eigenvalue weighted by Crippen LogP contribution is 2.42. The Morgan fingerprint density at radius 2 is 1.51 bits per heavy atom. The zero-order chi connectivity index (χ0) is 95.1. The first-order valence-corrected chi connectivity index (χ1v) is 46.8. The van der Waals surface area contributed by atoms with Crippen molar-refractivity contribution in [3.05, 3.63) is 127 Å². The molecular weight excluding hydrogens is 1720 g/mol. The molecule has 722 valence electrons. The molecule has 4 aliphatic heterocycles. The molecule has 5 aliphatic rings. The molecule has 1 unspecified atom stereocenters. The van der Waals surface area contributed by atoms with Crippen LogP contribution in [0.5, 0.6) is 0 Å². The summed E-state index contributed by atoms with van der Waals surface area (Å²) in [7, 11) is 4.58. The van der Waals surface area contributed by atoms with Gasteiger partial charge in [-0.1, -0.05) is 92.8 Å². The number of hydrogen-bond donors (Lipinski definition) is 6. The topological polar surface area (TPSA) is 490 Å². The van der Waals surface area contributed by atoms with Crippen molar-refractivity contribution in [2.45, 2.75) is 224 Å². The summed E-state index contributed by atoms with van der Waals surface area (Å²) in [6.07, 6.45) is 21.1. The summed E-state index contributed by atoms with van der Waals surface area (Å²) in [6.45, 7) is 16.4. The van der Waals surface area contributed by atoms with Gasteiger partial charge >= 0.3 is 5.97 Å². The minimum Gasteiger partial charge on any atom is -0.459 e. The van der Waals surface area contributed by atoms with Crippen LogP contribution in [0.3, 0.4) is 0 Å². The van der Waals surface area contributed by atoms with Crippen molar-refractivity contribution in [3.63, 3.8) is 0 Å². The van der Waals surface area contributed by atoms with Crippen LogP contribution in [-0.4, -0.2) is 280 Å². The maximum Gasteiger partial charge on any atom is 0.329 e. The van der Waals surface area contributed by atoms with E-state index in [1.165, 1.54) is 13.4 Å². The van der Waals surface area contributed by atoms with Crippen LogP contribution >= 0.6 is 0 Å². The molecule has 0 radical (unpaired) electrons. The minimum atomic E-state index is -2.50. The van der Waals surface area contributed by atoms with Crippen LogP contribution in [0.2, 0.25) is 0 Å². The number of unbranched alkanes of at least 4 members (excludes halogenated alkanes) is 1. The number of nitrogens with zero attached hydrogens (tertiary/aromatic N) is 16. The number of ether oxygens (including phenoxy) is 8. The van der Waals surface area contributed by atoms with Crippen LogP contribution < -0.4 is 27.4 Å². The Labute approximate surface area is 779 Å².